The Morgan fingerprint density at radius 3 is 2.75 bits per heavy atom. The summed E-state index contributed by atoms with van der Waals surface area (Å²) < 4.78 is 15.9. The molecule has 1 aliphatic heterocycles. The van der Waals surface area contributed by atoms with Crippen LogP contribution in [0.3, 0.4) is 0 Å². The van der Waals surface area contributed by atoms with E-state index in [-0.39, 0.29) is 5.92 Å². The Bertz CT molecular complexity index is 596. The van der Waals surface area contributed by atoms with E-state index in [2.05, 4.69) is 10.6 Å². The fraction of sp³-hybridized carbons (Fsp3) is 0.562. The molecule has 8 heteroatoms. The van der Waals surface area contributed by atoms with Gasteiger partial charge < -0.3 is 35.1 Å². The van der Waals surface area contributed by atoms with Gasteiger partial charge in [-0.3, -0.25) is 0 Å². The molecule has 1 aromatic rings. The maximum Gasteiger partial charge on any atom is 0.319 e. The summed E-state index contributed by atoms with van der Waals surface area (Å²) >= 11 is 0. The zero-order chi connectivity index (χ0) is 17.1. The number of rotatable bonds is 4. The minimum Gasteiger partial charge on any atom is -0.486 e. The lowest BCUT2D eigenvalue weighted by Gasteiger charge is -2.20. The van der Waals surface area contributed by atoms with Crippen molar-refractivity contribution in [2.45, 2.75) is 24.7 Å². The zero-order valence-electron chi connectivity index (χ0n) is 13.4. The first-order valence-electron chi connectivity index (χ1n) is 7.90. The molecular formula is C16H22N2O6. The van der Waals surface area contributed by atoms with Gasteiger partial charge in [-0.1, -0.05) is 0 Å². The Morgan fingerprint density at radius 2 is 2.00 bits per heavy atom. The topological polar surface area (TPSA) is 109 Å². The Morgan fingerprint density at radius 1 is 1.25 bits per heavy atom. The first-order valence-corrected chi connectivity index (χ1v) is 7.90. The Labute approximate surface area is 139 Å². The highest BCUT2D eigenvalue weighted by molar-refractivity contribution is 5.90. The number of urea groups is 1. The molecule has 1 fully saturated rings. The zero-order valence-corrected chi connectivity index (χ0v) is 13.4. The predicted octanol–water partition coefficient (Wildman–Crippen LogP) is 0.336. The van der Waals surface area contributed by atoms with Gasteiger partial charge in [-0.2, -0.15) is 0 Å². The number of hydrogen-bond donors (Lipinski definition) is 4. The van der Waals surface area contributed by atoms with Crippen molar-refractivity contribution in [3.05, 3.63) is 18.2 Å². The summed E-state index contributed by atoms with van der Waals surface area (Å²) in [5, 5.41) is 25.4. The van der Waals surface area contributed by atoms with Crippen molar-refractivity contribution in [3.63, 3.8) is 0 Å². The number of ether oxygens (including phenoxy) is 3. The summed E-state index contributed by atoms with van der Waals surface area (Å²) in [4.78, 5) is 12.1. The van der Waals surface area contributed by atoms with Crippen LogP contribution in [0.25, 0.3) is 0 Å². The molecule has 24 heavy (non-hydrogen) atoms. The molecule has 8 nitrogen and oxygen atoms in total. The van der Waals surface area contributed by atoms with E-state index in [0.29, 0.717) is 43.4 Å². The van der Waals surface area contributed by atoms with Crippen molar-refractivity contribution in [3.8, 4) is 11.5 Å². The number of hydrogen-bond acceptors (Lipinski definition) is 6. The molecule has 2 amide bonds. The number of amides is 2. The van der Waals surface area contributed by atoms with E-state index in [1.165, 1.54) is 7.11 Å². The number of nitrogens with one attached hydrogen (secondary N) is 2. The molecule has 0 aromatic heterocycles. The number of aliphatic hydroxyl groups is 2. The Kier molecular flexibility index (Phi) is 5.08. The van der Waals surface area contributed by atoms with E-state index < -0.39 is 24.3 Å². The average Bonchev–Trinajstić information content (AvgIpc) is 2.83. The summed E-state index contributed by atoms with van der Waals surface area (Å²) in [6.45, 7) is 1.31. The van der Waals surface area contributed by atoms with Crippen molar-refractivity contribution < 1.29 is 29.2 Å². The van der Waals surface area contributed by atoms with Crippen molar-refractivity contribution >= 4 is 11.7 Å². The second kappa shape index (κ2) is 7.25. The van der Waals surface area contributed by atoms with Gasteiger partial charge >= 0.3 is 6.03 Å². The van der Waals surface area contributed by atoms with Crippen LogP contribution in [-0.2, 0) is 4.74 Å². The molecule has 1 saturated carbocycles. The van der Waals surface area contributed by atoms with Crippen LogP contribution in [0.5, 0.6) is 11.5 Å². The lowest BCUT2D eigenvalue weighted by molar-refractivity contribution is -0.00487. The highest BCUT2D eigenvalue weighted by atomic mass is 16.6. The lowest BCUT2D eigenvalue weighted by atomic mass is 10.1. The minimum absolute atomic E-state index is 0.204. The maximum absolute atomic E-state index is 12.1. The molecule has 0 radical (unpaired) electrons. The van der Waals surface area contributed by atoms with Gasteiger partial charge in [0.15, 0.2) is 11.5 Å². The van der Waals surface area contributed by atoms with Crippen LogP contribution in [0, 0.1) is 5.92 Å². The molecule has 132 valence electrons. The number of benzene rings is 1. The van der Waals surface area contributed by atoms with Gasteiger partial charge in [0.25, 0.3) is 0 Å². The molecule has 4 N–H and O–H groups in total. The smallest absolute Gasteiger partial charge is 0.319 e. The molecule has 0 bridgehead atoms. The van der Waals surface area contributed by atoms with Gasteiger partial charge in [0.2, 0.25) is 0 Å². The van der Waals surface area contributed by atoms with Crippen molar-refractivity contribution in [2.75, 3.05) is 32.2 Å². The summed E-state index contributed by atoms with van der Waals surface area (Å²) in [5.74, 6) is 1.02. The van der Waals surface area contributed by atoms with Crippen LogP contribution >= 0.6 is 0 Å². The summed E-state index contributed by atoms with van der Waals surface area (Å²) in [5.41, 5.74) is 0.554. The first-order chi connectivity index (χ1) is 11.6. The van der Waals surface area contributed by atoms with Crippen LogP contribution in [0.2, 0.25) is 0 Å². The number of aliphatic hydroxyl groups excluding tert-OH is 2. The van der Waals surface area contributed by atoms with Crippen molar-refractivity contribution in [2.24, 2.45) is 5.92 Å². The molecule has 4 atom stereocenters. The third kappa shape index (κ3) is 3.55. The molecule has 3 rings (SSSR count). The van der Waals surface area contributed by atoms with Crippen LogP contribution in [0.4, 0.5) is 10.5 Å². The Hall–Kier alpha value is -2.03. The van der Waals surface area contributed by atoms with E-state index >= 15 is 0 Å². The van der Waals surface area contributed by atoms with Gasteiger partial charge in [-0.25, -0.2) is 4.79 Å². The molecule has 1 aliphatic carbocycles. The van der Waals surface area contributed by atoms with Gasteiger partial charge in [-0.05, 0) is 18.6 Å². The minimum atomic E-state index is -1.02. The number of methoxy groups -OCH3 is 1. The number of carbonyl (C=O) groups excluding carboxylic acids is 1. The normalized spacial score (nSPS) is 28.5. The average molecular weight is 338 g/mol. The van der Waals surface area contributed by atoms with Crippen molar-refractivity contribution in [1.82, 2.24) is 5.32 Å². The fourth-order valence-corrected chi connectivity index (χ4v) is 3.10. The molecule has 0 saturated heterocycles. The second-order valence-electron chi connectivity index (χ2n) is 6.00. The van der Waals surface area contributed by atoms with Gasteiger partial charge in [-0.15, -0.1) is 0 Å². The predicted molar refractivity (Wildman–Crippen MR) is 85.4 cm³/mol. The monoisotopic (exact) mass is 338 g/mol. The number of anilines is 1. The quantitative estimate of drug-likeness (QED) is 0.630. The fourth-order valence-electron chi connectivity index (χ4n) is 3.10. The molecular weight excluding hydrogens is 316 g/mol. The van der Waals surface area contributed by atoms with Gasteiger partial charge in [0, 0.05) is 24.8 Å². The largest absolute Gasteiger partial charge is 0.486 e. The molecule has 1 heterocycles. The summed E-state index contributed by atoms with van der Waals surface area (Å²) in [6.07, 6.45) is -1.48. The maximum atomic E-state index is 12.1. The Balaban J connectivity index is 1.58. The molecule has 0 spiro atoms. The van der Waals surface area contributed by atoms with E-state index in [9.17, 15) is 15.0 Å². The standard InChI is InChI=1S/C16H22N2O6/c1-22-8-9-6-11(15(20)14(9)19)18-16(21)17-10-2-3-12-13(7-10)24-5-4-23-12/h2-3,7,9,11,14-15,19-20H,4-6,8H2,1H3,(H2,17,18,21)/t9-,11-,14-,15+/m1/s1. The van der Waals surface area contributed by atoms with Crippen LogP contribution in [0.15, 0.2) is 18.2 Å². The SMILES string of the molecule is COC[C@H]1C[C@@H](NC(=O)Nc2ccc3c(c2)OCCO3)[C@H](O)[C@@H]1O. The van der Waals surface area contributed by atoms with E-state index in [1.807, 2.05) is 0 Å². The number of fused-ring (bicyclic) bond motifs is 1. The first kappa shape index (κ1) is 16.8. The molecule has 2 aliphatic rings. The summed E-state index contributed by atoms with van der Waals surface area (Å²) in [7, 11) is 1.54. The molecule has 1 aromatic carbocycles. The summed E-state index contributed by atoms with van der Waals surface area (Å²) in [6, 6.07) is 4.13. The number of carbonyl (C=O) groups is 1. The third-order valence-electron chi connectivity index (χ3n) is 4.30. The molecule has 0 unspecified atom stereocenters. The van der Waals surface area contributed by atoms with E-state index in [0.717, 1.165) is 0 Å². The van der Waals surface area contributed by atoms with Gasteiger partial charge in [0.05, 0.1) is 18.8 Å². The van der Waals surface area contributed by atoms with Gasteiger partial charge in [0.1, 0.15) is 19.3 Å². The van der Waals surface area contributed by atoms with Crippen molar-refractivity contribution in [1.29, 1.82) is 0 Å². The highest BCUT2D eigenvalue weighted by Crippen LogP contribution is 2.32. The van der Waals surface area contributed by atoms with Crippen LogP contribution < -0.4 is 20.1 Å². The van der Waals surface area contributed by atoms with E-state index in [4.69, 9.17) is 14.2 Å². The van der Waals surface area contributed by atoms with Crippen LogP contribution in [-0.4, -0.2) is 61.4 Å². The second-order valence-corrected chi connectivity index (χ2v) is 6.00. The van der Waals surface area contributed by atoms with Crippen LogP contribution in [0.1, 0.15) is 6.42 Å². The van der Waals surface area contributed by atoms with E-state index in [1.54, 1.807) is 18.2 Å². The highest BCUT2D eigenvalue weighted by Gasteiger charge is 2.42. The lowest BCUT2D eigenvalue weighted by Crippen LogP contribution is -2.44. The third-order valence-corrected chi connectivity index (χ3v) is 4.30.